The van der Waals surface area contributed by atoms with Crippen LogP contribution in [0.25, 0.3) is 0 Å². The van der Waals surface area contributed by atoms with Crippen LogP contribution in [0.3, 0.4) is 0 Å². The largest absolute Gasteiger partial charge is 0.497 e. The number of rotatable bonds is 6. The lowest BCUT2D eigenvalue weighted by Gasteiger charge is -2.37. The Hall–Kier alpha value is -2.87. The molecule has 2 heterocycles. The van der Waals surface area contributed by atoms with Gasteiger partial charge in [0.2, 0.25) is 5.91 Å². The van der Waals surface area contributed by atoms with Crippen LogP contribution in [0.1, 0.15) is 46.4 Å². The monoisotopic (exact) mass is 527 g/mol. The molecule has 0 radical (unpaired) electrons. The van der Waals surface area contributed by atoms with E-state index in [4.69, 9.17) is 4.74 Å². The van der Waals surface area contributed by atoms with Crippen LogP contribution in [-0.2, 0) is 4.79 Å². The smallest absolute Gasteiger partial charge is 0.253 e. The van der Waals surface area contributed by atoms with Crippen molar-refractivity contribution < 1.29 is 19.1 Å². The molecule has 8 heteroatoms. The maximum absolute atomic E-state index is 13.4. The first-order valence-corrected chi connectivity index (χ1v) is 12.5. The van der Waals surface area contributed by atoms with Gasteiger partial charge in [0.15, 0.2) is 0 Å². The molecule has 2 aliphatic heterocycles. The van der Waals surface area contributed by atoms with Gasteiger partial charge in [0, 0.05) is 41.8 Å². The van der Waals surface area contributed by atoms with Crippen LogP contribution < -0.4 is 10.1 Å². The maximum Gasteiger partial charge on any atom is 0.253 e. The van der Waals surface area contributed by atoms with Gasteiger partial charge in [-0.25, -0.2) is 0 Å². The van der Waals surface area contributed by atoms with Crippen molar-refractivity contribution >= 4 is 33.7 Å². The number of benzene rings is 2. The molecule has 0 spiro atoms. The number of carbonyl (C=O) groups is 3. The van der Waals surface area contributed by atoms with Gasteiger partial charge in [0.1, 0.15) is 11.8 Å². The van der Waals surface area contributed by atoms with E-state index in [9.17, 15) is 14.4 Å². The molecule has 7 nitrogen and oxygen atoms in total. The van der Waals surface area contributed by atoms with Crippen molar-refractivity contribution in [3.63, 3.8) is 0 Å². The fourth-order valence-electron chi connectivity index (χ4n) is 4.72. The third kappa shape index (κ3) is 5.60. The predicted octanol–water partition coefficient (Wildman–Crippen LogP) is 3.73. The van der Waals surface area contributed by atoms with Crippen LogP contribution in [0.15, 0.2) is 53.0 Å². The quantitative estimate of drug-likeness (QED) is 0.620. The van der Waals surface area contributed by atoms with Gasteiger partial charge in [-0.1, -0.05) is 22.0 Å². The third-order valence-corrected chi connectivity index (χ3v) is 7.19. The highest BCUT2D eigenvalue weighted by atomic mass is 79.9. The van der Waals surface area contributed by atoms with Crippen molar-refractivity contribution in [2.24, 2.45) is 5.92 Å². The Morgan fingerprint density at radius 3 is 2.24 bits per heavy atom. The molecule has 0 bridgehead atoms. The third-order valence-electron chi connectivity index (χ3n) is 6.69. The molecule has 2 fully saturated rings. The molecule has 4 rings (SSSR count). The summed E-state index contributed by atoms with van der Waals surface area (Å²) in [5, 5.41) is 3.02. The second kappa shape index (κ2) is 11.0. The Morgan fingerprint density at radius 2 is 1.62 bits per heavy atom. The Balaban J connectivity index is 1.45. The summed E-state index contributed by atoms with van der Waals surface area (Å²) in [6.07, 6.45) is 3.30. The van der Waals surface area contributed by atoms with E-state index < -0.39 is 6.04 Å². The molecule has 2 aromatic carbocycles. The minimum atomic E-state index is -0.601. The van der Waals surface area contributed by atoms with E-state index in [-0.39, 0.29) is 23.6 Å². The summed E-state index contributed by atoms with van der Waals surface area (Å²) in [6.45, 7) is 2.57. The van der Waals surface area contributed by atoms with Gasteiger partial charge in [0.05, 0.1) is 7.11 Å². The number of hydrogen-bond acceptors (Lipinski definition) is 4. The summed E-state index contributed by atoms with van der Waals surface area (Å²) in [4.78, 5) is 43.0. The van der Waals surface area contributed by atoms with Gasteiger partial charge in [-0.2, -0.15) is 0 Å². The summed E-state index contributed by atoms with van der Waals surface area (Å²) < 4.78 is 6.04. The minimum absolute atomic E-state index is 0.00978. The SMILES string of the molecule is COc1ccc(C(=O)N[C@@H](C(=O)N2CCCC2)C2CCN(C(=O)c3cccc(Br)c3)CC2)cc1. The first-order valence-electron chi connectivity index (χ1n) is 11.7. The second-order valence-corrected chi connectivity index (χ2v) is 9.77. The van der Waals surface area contributed by atoms with Gasteiger partial charge in [-0.15, -0.1) is 0 Å². The Kier molecular flexibility index (Phi) is 7.88. The number of nitrogens with one attached hydrogen (secondary N) is 1. The molecular formula is C26H30BrN3O4. The second-order valence-electron chi connectivity index (χ2n) is 8.85. The lowest BCUT2D eigenvalue weighted by molar-refractivity contribution is -0.134. The minimum Gasteiger partial charge on any atom is -0.497 e. The van der Waals surface area contributed by atoms with Crippen LogP contribution in [0.2, 0.25) is 0 Å². The molecule has 180 valence electrons. The number of methoxy groups -OCH3 is 1. The van der Waals surface area contributed by atoms with Crippen LogP contribution >= 0.6 is 15.9 Å². The van der Waals surface area contributed by atoms with Crippen molar-refractivity contribution in [1.82, 2.24) is 15.1 Å². The van der Waals surface area contributed by atoms with Gasteiger partial charge in [-0.3, -0.25) is 14.4 Å². The normalized spacial score (nSPS) is 17.4. The topological polar surface area (TPSA) is 79.0 Å². The number of nitrogens with zero attached hydrogens (tertiary/aromatic N) is 2. The molecular weight excluding hydrogens is 498 g/mol. The fourth-order valence-corrected chi connectivity index (χ4v) is 5.12. The van der Waals surface area contributed by atoms with Crippen molar-refractivity contribution in [3.8, 4) is 5.75 Å². The van der Waals surface area contributed by atoms with Crippen LogP contribution in [0.4, 0.5) is 0 Å². The van der Waals surface area contributed by atoms with E-state index >= 15 is 0 Å². The Bertz CT molecular complexity index is 1030. The molecule has 0 aliphatic carbocycles. The lowest BCUT2D eigenvalue weighted by Crippen LogP contribution is -2.54. The van der Waals surface area contributed by atoms with E-state index in [2.05, 4.69) is 21.2 Å². The predicted molar refractivity (Wildman–Crippen MR) is 133 cm³/mol. The number of halogens is 1. The molecule has 1 atom stereocenters. The Morgan fingerprint density at radius 1 is 0.941 bits per heavy atom. The van der Waals surface area contributed by atoms with Gasteiger partial charge in [0.25, 0.3) is 11.8 Å². The molecule has 3 amide bonds. The molecule has 2 saturated heterocycles. The number of piperidine rings is 1. The van der Waals surface area contributed by atoms with E-state index in [1.165, 1.54) is 0 Å². The average Bonchev–Trinajstić information content (AvgIpc) is 3.42. The van der Waals surface area contributed by atoms with E-state index in [0.717, 1.165) is 30.4 Å². The van der Waals surface area contributed by atoms with E-state index in [1.54, 1.807) is 31.4 Å². The number of amides is 3. The standard InChI is InChI=1S/C26H30BrN3O4/c1-34-22-9-7-19(8-10-22)24(31)28-23(26(33)29-13-2-3-14-29)18-11-15-30(16-12-18)25(32)20-5-4-6-21(27)17-20/h4-10,17-18,23H,2-3,11-16H2,1H3,(H,28,31)/t23-/m1/s1. The number of carbonyl (C=O) groups excluding carboxylic acids is 3. The summed E-state index contributed by atoms with van der Waals surface area (Å²) in [5.41, 5.74) is 1.13. The van der Waals surface area contributed by atoms with E-state index in [1.807, 2.05) is 34.1 Å². The lowest BCUT2D eigenvalue weighted by atomic mass is 9.88. The number of ether oxygens (including phenoxy) is 1. The van der Waals surface area contributed by atoms with Crippen molar-refractivity contribution in [2.45, 2.75) is 31.7 Å². The zero-order valence-corrected chi connectivity index (χ0v) is 20.9. The molecule has 2 aromatic rings. The maximum atomic E-state index is 13.4. The Labute approximate surface area is 208 Å². The van der Waals surface area contributed by atoms with Gasteiger partial charge < -0.3 is 19.9 Å². The number of likely N-dealkylation sites (tertiary alicyclic amines) is 2. The van der Waals surface area contributed by atoms with Crippen molar-refractivity contribution in [1.29, 1.82) is 0 Å². The highest BCUT2D eigenvalue weighted by Crippen LogP contribution is 2.25. The molecule has 1 N–H and O–H groups in total. The first kappa shape index (κ1) is 24.3. The molecule has 0 aromatic heterocycles. The van der Waals surface area contributed by atoms with Crippen LogP contribution in [0.5, 0.6) is 5.75 Å². The van der Waals surface area contributed by atoms with Gasteiger partial charge >= 0.3 is 0 Å². The van der Waals surface area contributed by atoms with Crippen LogP contribution in [0, 0.1) is 5.92 Å². The van der Waals surface area contributed by atoms with Crippen molar-refractivity contribution in [2.75, 3.05) is 33.3 Å². The van der Waals surface area contributed by atoms with Gasteiger partial charge in [-0.05, 0) is 74.1 Å². The summed E-state index contributed by atoms with van der Waals surface area (Å²) in [7, 11) is 1.58. The fraction of sp³-hybridized carbons (Fsp3) is 0.423. The van der Waals surface area contributed by atoms with E-state index in [0.29, 0.717) is 42.8 Å². The highest BCUT2D eigenvalue weighted by molar-refractivity contribution is 9.10. The summed E-state index contributed by atoms with van der Waals surface area (Å²) in [6, 6.07) is 13.6. The summed E-state index contributed by atoms with van der Waals surface area (Å²) in [5.74, 6) is 0.346. The average molecular weight is 528 g/mol. The zero-order chi connectivity index (χ0) is 24.1. The highest BCUT2D eigenvalue weighted by Gasteiger charge is 2.37. The number of hydrogen-bond donors (Lipinski definition) is 1. The summed E-state index contributed by atoms with van der Waals surface area (Å²) >= 11 is 3.42. The zero-order valence-electron chi connectivity index (χ0n) is 19.3. The molecule has 2 aliphatic rings. The van der Waals surface area contributed by atoms with Crippen molar-refractivity contribution in [3.05, 3.63) is 64.1 Å². The van der Waals surface area contributed by atoms with Crippen LogP contribution in [-0.4, -0.2) is 66.9 Å². The first-order chi connectivity index (χ1) is 16.5. The molecule has 0 saturated carbocycles. The molecule has 34 heavy (non-hydrogen) atoms. The molecule has 0 unspecified atom stereocenters.